The lowest BCUT2D eigenvalue weighted by Gasteiger charge is -2.20. The van der Waals surface area contributed by atoms with Crippen molar-refractivity contribution in [2.75, 3.05) is 5.01 Å². The number of nitrogens with zero attached hydrogens (tertiary/aromatic N) is 2. The molecule has 106 valence electrons. The smallest absolute Gasteiger partial charge is 0.271 e. The summed E-state index contributed by atoms with van der Waals surface area (Å²) in [5, 5.41) is 5.31. The monoisotopic (exact) mass is 282 g/mol. The molecule has 1 spiro atoms. The number of hydrogen-bond acceptors (Lipinski definition) is 2. The van der Waals surface area contributed by atoms with Gasteiger partial charge in [0.15, 0.2) is 0 Å². The Labute approximate surface area is 114 Å². The molecule has 3 nitrogen and oxygen atoms in total. The van der Waals surface area contributed by atoms with Crippen LogP contribution in [0.2, 0.25) is 0 Å². The first-order valence-electron chi connectivity index (χ1n) is 6.49. The molecule has 2 aliphatic rings. The summed E-state index contributed by atoms with van der Waals surface area (Å²) in [7, 11) is 0. The van der Waals surface area contributed by atoms with E-state index in [1.165, 1.54) is 17.1 Å². The Morgan fingerprint density at radius 1 is 1.10 bits per heavy atom. The summed E-state index contributed by atoms with van der Waals surface area (Å²) in [5.41, 5.74) is -0.877. The van der Waals surface area contributed by atoms with E-state index in [9.17, 15) is 18.0 Å². The third-order valence-corrected chi connectivity index (χ3v) is 3.97. The number of carbonyl (C=O) groups excluding carboxylic acids is 1. The molecule has 1 heterocycles. The van der Waals surface area contributed by atoms with Crippen molar-refractivity contribution < 1.29 is 18.0 Å². The van der Waals surface area contributed by atoms with Crippen LogP contribution in [0, 0.1) is 5.41 Å². The number of hydrogen-bond donors (Lipinski definition) is 0. The molecule has 0 bridgehead atoms. The summed E-state index contributed by atoms with van der Waals surface area (Å²) in [6.07, 6.45) is 0.791. The van der Waals surface area contributed by atoms with E-state index in [4.69, 9.17) is 0 Å². The number of halogens is 3. The number of carbonyl (C=O) groups is 1. The maximum absolute atomic E-state index is 12.5. The largest absolute Gasteiger partial charge is 0.416 e. The van der Waals surface area contributed by atoms with Gasteiger partial charge in [0.2, 0.25) is 0 Å². The maximum Gasteiger partial charge on any atom is 0.416 e. The van der Waals surface area contributed by atoms with Crippen molar-refractivity contribution in [3.63, 3.8) is 0 Å². The summed E-state index contributed by atoms with van der Waals surface area (Å²) < 4.78 is 37.5. The van der Waals surface area contributed by atoms with Crippen LogP contribution in [0.4, 0.5) is 18.9 Å². The zero-order chi connectivity index (χ0) is 14.4. The summed E-state index contributed by atoms with van der Waals surface area (Å²) >= 11 is 0. The minimum absolute atomic E-state index is 0.130. The molecule has 0 saturated heterocycles. The zero-order valence-corrected chi connectivity index (χ0v) is 10.7. The van der Waals surface area contributed by atoms with E-state index in [1.54, 1.807) is 6.21 Å². The van der Waals surface area contributed by atoms with Crippen molar-refractivity contribution in [3.8, 4) is 0 Å². The average molecular weight is 282 g/mol. The number of rotatable bonds is 1. The molecule has 3 rings (SSSR count). The molecule has 0 unspecified atom stereocenters. The minimum Gasteiger partial charge on any atom is -0.271 e. The molecule has 0 radical (unpaired) electrons. The fourth-order valence-corrected chi connectivity index (χ4v) is 2.81. The average Bonchev–Trinajstić information content (AvgIpc) is 2.99. The summed E-state index contributed by atoms with van der Waals surface area (Å²) in [6, 6.07) is 4.51. The zero-order valence-electron chi connectivity index (χ0n) is 10.7. The maximum atomic E-state index is 12.5. The molecule has 0 aromatic heterocycles. The van der Waals surface area contributed by atoms with Crippen LogP contribution in [0.15, 0.2) is 29.4 Å². The predicted molar refractivity (Wildman–Crippen MR) is 68.3 cm³/mol. The number of hydrazone groups is 1. The molecule has 1 aromatic carbocycles. The molecule has 1 aliphatic heterocycles. The SMILES string of the molecule is O=C1N(c2ccc(C(F)(F)F)cc2)N=CC12CCCC2. The highest BCUT2D eigenvalue weighted by molar-refractivity contribution is 6.11. The van der Waals surface area contributed by atoms with Gasteiger partial charge in [0.1, 0.15) is 0 Å². The molecule has 1 fully saturated rings. The molecular formula is C14H13F3N2O. The van der Waals surface area contributed by atoms with Gasteiger partial charge < -0.3 is 0 Å². The highest BCUT2D eigenvalue weighted by Crippen LogP contribution is 2.42. The Bertz CT molecular complexity index is 557. The first-order chi connectivity index (χ1) is 9.42. The van der Waals surface area contributed by atoms with Crippen LogP contribution in [0.25, 0.3) is 0 Å². The van der Waals surface area contributed by atoms with Crippen molar-refractivity contribution in [1.82, 2.24) is 0 Å². The van der Waals surface area contributed by atoms with E-state index in [0.717, 1.165) is 37.8 Å². The van der Waals surface area contributed by atoms with Crippen molar-refractivity contribution in [1.29, 1.82) is 0 Å². The van der Waals surface area contributed by atoms with Crippen molar-refractivity contribution in [2.45, 2.75) is 31.9 Å². The van der Waals surface area contributed by atoms with Gasteiger partial charge in [-0.3, -0.25) is 4.79 Å². The summed E-state index contributed by atoms with van der Waals surface area (Å²) in [6.45, 7) is 0. The molecule has 6 heteroatoms. The number of alkyl halides is 3. The van der Waals surface area contributed by atoms with E-state index in [-0.39, 0.29) is 5.91 Å². The standard InChI is InChI=1S/C14H13F3N2O/c15-14(16,17)10-3-5-11(6-4-10)19-12(20)13(9-18-19)7-1-2-8-13/h3-6,9H,1-2,7-8H2. The summed E-state index contributed by atoms with van der Waals surface area (Å²) in [4.78, 5) is 12.4. The topological polar surface area (TPSA) is 32.7 Å². The second-order valence-corrected chi connectivity index (χ2v) is 5.27. The normalized spacial score (nSPS) is 21.1. The molecule has 1 amide bonds. The molecule has 0 atom stereocenters. The Morgan fingerprint density at radius 3 is 2.25 bits per heavy atom. The lowest BCUT2D eigenvalue weighted by atomic mass is 9.87. The van der Waals surface area contributed by atoms with Gasteiger partial charge in [0.25, 0.3) is 5.91 Å². The van der Waals surface area contributed by atoms with E-state index < -0.39 is 17.2 Å². The van der Waals surface area contributed by atoms with E-state index >= 15 is 0 Å². The number of benzene rings is 1. The van der Waals surface area contributed by atoms with Crippen LogP contribution < -0.4 is 5.01 Å². The predicted octanol–water partition coefficient (Wildman–Crippen LogP) is 3.60. The van der Waals surface area contributed by atoms with Crippen LogP contribution in [0.1, 0.15) is 31.2 Å². The van der Waals surface area contributed by atoms with Crippen LogP contribution in [0.5, 0.6) is 0 Å². The minimum atomic E-state index is -4.37. The first kappa shape index (κ1) is 13.1. The lowest BCUT2D eigenvalue weighted by Crippen LogP contribution is -2.34. The second-order valence-electron chi connectivity index (χ2n) is 5.27. The van der Waals surface area contributed by atoms with Gasteiger partial charge in [-0.1, -0.05) is 12.8 Å². The van der Waals surface area contributed by atoms with Gasteiger partial charge in [-0.25, -0.2) is 5.01 Å². The highest BCUT2D eigenvalue weighted by atomic mass is 19.4. The van der Waals surface area contributed by atoms with Gasteiger partial charge in [-0.05, 0) is 37.1 Å². The lowest BCUT2D eigenvalue weighted by molar-refractivity contribution is -0.137. The van der Waals surface area contributed by atoms with Gasteiger partial charge in [0.05, 0.1) is 16.7 Å². The van der Waals surface area contributed by atoms with Crippen LogP contribution >= 0.6 is 0 Å². The van der Waals surface area contributed by atoms with Gasteiger partial charge in [0, 0.05) is 6.21 Å². The Balaban J connectivity index is 1.85. The molecule has 20 heavy (non-hydrogen) atoms. The van der Waals surface area contributed by atoms with Crippen LogP contribution in [0.3, 0.4) is 0 Å². The van der Waals surface area contributed by atoms with Crippen molar-refractivity contribution >= 4 is 17.8 Å². The second kappa shape index (κ2) is 4.33. The molecule has 1 aliphatic carbocycles. The van der Waals surface area contributed by atoms with Gasteiger partial charge >= 0.3 is 6.18 Å². The number of anilines is 1. The van der Waals surface area contributed by atoms with Gasteiger partial charge in [-0.15, -0.1) is 0 Å². The first-order valence-corrected chi connectivity index (χ1v) is 6.49. The third-order valence-electron chi connectivity index (χ3n) is 3.97. The van der Waals surface area contributed by atoms with Crippen LogP contribution in [-0.4, -0.2) is 12.1 Å². The van der Waals surface area contributed by atoms with Crippen molar-refractivity contribution in [3.05, 3.63) is 29.8 Å². The quantitative estimate of drug-likeness (QED) is 0.774. The van der Waals surface area contributed by atoms with E-state index in [2.05, 4.69) is 5.10 Å². The Morgan fingerprint density at radius 2 is 1.70 bits per heavy atom. The number of amides is 1. The van der Waals surface area contributed by atoms with Gasteiger partial charge in [-0.2, -0.15) is 18.3 Å². The molecule has 1 saturated carbocycles. The fourth-order valence-electron chi connectivity index (χ4n) is 2.81. The molecular weight excluding hydrogens is 269 g/mol. The Hall–Kier alpha value is -1.85. The van der Waals surface area contributed by atoms with Crippen molar-refractivity contribution in [2.24, 2.45) is 10.5 Å². The third kappa shape index (κ3) is 1.99. The summed E-state index contributed by atoms with van der Waals surface area (Å²) in [5.74, 6) is -0.130. The Kier molecular flexibility index (Phi) is 2.84. The van der Waals surface area contributed by atoms with Crippen LogP contribution in [-0.2, 0) is 11.0 Å². The fraction of sp³-hybridized carbons (Fsp3) is 0.429. The highest BCUT2D eigenvalue weighted by Gasteiger charge is 2.46. The molecule has 0 N–H and O–H groups in total. The van der Waals surface area contributed by atoms with E-state index in [0.29, 0.717) is 5.69 Å². The molecule has 1 aromatic rings. The van der Waals surface area contributed by atoms with E-state index in [1.807, 2.05) is 0 Å².